The van der Waals surface area contributed by atoms with E-state index in [2.05, 4.69) is 19.7 Å². The van der Waals surface area contributed by atoms with Crippen LogP contribution in [0.15, 0.2) is 18.7 Å². The van der Waals surface area contributed by atoms with Crippen molar-refractivity contribution in [1.29, 1.82) is 0 Å². The number of hydrogen-bond acceptors (Lipinski definition) is 5. The predicted molar refractivity (Wildman–Crippen MR) is 92.0 cm³/mol. The van der Waals surface area contributed by atoms with Gasteiger partial charge in [-0.2, -0.15) is 0 Å². The first-order valence-electron chi connectivity index (χ1n) is 8.88. The highest BCUT2D eigenvalue weighted by Crippen LogP contribution is 2.27. The molecule has 8 heteroatoms. The van der Waals surface area contributed by atoms with Crippen LogP contribution in [0, 0.1) is 0 Å². The van der Waals surface area contributed by atoms with Crippen molar-refractivity contribution in [1.82, 2.24) is 29.2 Å². The van der Waals surface area contributed by atoms with Crippen molar-refractivity contribution in [3.05, 3.63) is 30.4 Å². The third-order valence-electron chi connectivity index (χ3n) is 4.76. The van der Waals surface area contributed by atoms with Crippen molar-refractivity contribution in [2.75, 3.05) is 26.3 Å². The fraction of sp³-hybridized carbons (Fsp3) is 0.647. The van der Waals surface area contributed by atoms with Gasteiger partial charge in [0.2, 0.25) is 5.91 Å². The number of ether oxygens (including phenoxy) is 1. The molecule has 25 heavy (non-hydrogen) atoms. The number of nitrogens with zero attached hydrogens (tertiary/aromatic N) is 6. The van der Waals surface area contributed by atoms with Crippen LogP contribution in [0.2, 0.25) is 0 Å². The lowest BCUT2D eigenvalue weighted by Gasteiger charge is -2.31. The molecule has 0 spiro atoms. The molecular weight excluding hydrogens is 320 g/mol. The van der Waals surface area contributed by atoms with Crippen LogP contribution in [0.25, 0.3) is 0 Å². The van der Waals surface area contributed by atoms with E-state index in [9.17, 15) is 4.79 Å². The Kier molecular flexibility index (Phi) is 5.80. The first kappa shape index (κ1) is 17.6. The molecule has 0 N–H and O–H groups in total. The highest BCUT2D eigenvalue weighted by Gasteiger charge is 2.27. The summed E-state index contributed by atoms with van der Waals surface area (Å²) in [7, 11) is 2.02. The molecule has 0 unspecified atom stereocenters. The van der Waals surface area contributed by atoms with Gasteiger partial charge in [0.1, 0.15) is 5.82 Å². The average Bonchev–Trinajstić information content (AvgIpc) is 3.26. The Morgan fingerprint density at radius 1 is 1.32 bits per heavy atom. The van der Waals surface area contributed by atoms with Crippen LogP contribution in [-0.4, -0.2) is 61.4 Å². The molecule has 0 atom stereocenters. The molecule has 1 amide bonds. The Labute approximate surface area is 147 Å². The maximum Gasteiger partial charge on any atom is 0.224 e. The minimum Gasteiger partial charge on any atom is -0.381 e. The van der Waals surface area contributed by atoms with E-state index in [1.807, 2.05) is 29.6 Å². The van der Waals surface area contributed by atoms with Crippen LogP contribution >= 0.6 is 0 Å². The third-order valence-corrected chi connectivity index (χ3v) is 4.76. The summed E-state index contributed by atoms with van der Waals surface area (Å²) in [4.78, 5) is 18.2. The first-order valence-corrected chi connectivity index (χ1v) is 8.88. The smallest absolute Gasteiger partial charge is 0.224 e. The zero-order valence-electron chi connectivity index (χ0n) is 15.0. The minimum absolute atomic E-state index is 0.186. The van der Waals surface area contributed by atoms with Crippen molar-refractivity contribution in [2.45, 2.75) is 38.6 Å². The van der Waals surface area contributed by atoms with E-state index >= 15 is 0 Å². The number of carbonyl (C=O) groups is 1. The second-order valence-corrected chi connectivity index (χ2v) is 6.37. The summed E-state index contributed by atoms with van der Waals surface area (Å²) in [5.41, 5.74) is 0. The average molecular weight is 346 g/mol. The fourth-order valence-corrected chi connectivity index (χ4v) is 3.26. The molecule has 1 fully saturated rings. The van der Waals surface area contributed by atoms with Crippen molar-refractivity contribution < 1.29 is 9.53 Å². The lowest BCUT2D eigenvalue weighted by Crippen LogP contribution is -2.38. The topological polar surface area (TPSA) is 78.1 Å². The standard InChI is InChI=1S/C17H26N6O2/c1-3-25-11-6-16(24)23-8-4-14(5-9-23)17-20-19-15(21(17)2)12-22-10-7-18-13-22/h7,10,13-14H,3-6,8-9,11-12H2,1-2H3. The Hall–Kier alpha value is -2.22. The lowest BCUT2D eigenvalue weighted by molar-refractivity contribution is -0.133. The van der Waals surface area contributed by atoms with Crippen molar-refractivity contribution in [3.63, 3.8) is 0 Å². The molecular formula is C17H26N6O2. The van der Waals surface area contributed by atoms with Crippen LogP contribution in [0.1, 0.15) is 43.8 Å². The molecule has 0 aromatic carbocycles. The maximum absolute atomic E-state index is 12.2. The maximum atomic E-state index is 12.2. The van der Waals surface area contributed by atoms with Crippen LogP contribution < -0.4 is 0 Å². The summed E-state index contributed by atoms with van der Waals surface area (Å²) in [5, 5.41) is 8.74. The first-order chi connectivity index (χ1) is 12.2. The van der Waals surface area contributed by atoms with Gasteiger partial charge >= 0.3 is 0 Å². The van der Waals surface area contributed by atoms with E-state index < -0.39 is 0 Å². The van der Waals surface area contributed by atoms with Gasteiger partial charge < -0.3 is 18.8 Å². The zero-order chi connectivity index (χ0) is 17.6. The summed E-state index contributed by atoms with van der Waals surface area (Å²) in [6.07, 6.45) is 7.78. The van der Waals surface area contributed by atoms with Gasteiger partial charge in [-0.1, -0.05) is 0 Å². The molecule has 1 saturated heterocycles. The highest BCUT2D eigenvalue weighted by molar-refractivity contribution is 5.76. The minimum atomic E-state index is 0.186. The van der Waals surface area contributed by atoms with Gasteiger partial charge in [0, 0.05) is 45.1 Å². The van der Waals surface area contributed by atoms with Gasteiger partial charge in [0.05, 0.1) is 25.9 Å². The molecule has 136 valence electrons. The number of likely N-dealkylation sites (tertiary alicyclic amines) is 1. The monoisotopic (exact) mass is 346 g/mol. The summed E-state index contributed by atoms with van der Waals surface area (Å²) in [5.74, 6) is 2.47. The molecule has 0 radical (unpaired) electrons. The van der Waals surface area contributed by atoms with E-state index in [1.165, 1.54) is 0 Å². The molecule has 1 aliphatic rings. The molecule has 0 aliphatic carbocycles. The Morgan fingerprint density at radius 3 is 2.80 bits per heavy atom. The third kappa shape index (κ3) is 4.25. The van der Waals surface area contributed by atoms with E-state index in [1.54, 1.807) is 12.5 Å². The van der Waals surface area contributed by atoms with Crippen LogP contribution in [0.4, 0.5) is 0 Å². The summed E-state index contributed by atoms with van der Waals surface area (Å²) >= 11 is 0. The predicted octanol–water partition coefficient (Wildman–Crippen LogP) is 1.19. The van der Waals surface area contributed by atoms with E-state index in [0.717, 1.165) is 37.6 Å². The van der Waals surface area contributed by atoms with E-state index in [-0.39, 0.29) is 5.91 Å². The SMILES string of the molecule is CCOCCC(=O)N1CCC(c2nnc(Cn3ccnc3)n2C)CC1. The van der Waals surface area contributed by atoms with E-state index in [4.69, 9.17) is 4.74 Å². The van der Waals surface area contributed by atoms with Gasteiger partial charge in [-0.3, -0.25) is 4.79 Å². The Morgan fingerprint density at radius 2 is 2.12 bits per heavy atom. The molecule has 2 aromatic heterocycles. The number of piperidine rings is 1. The Bertz CT molecular complexity index is 673. The number of amides is 1. The number of rotatable bonds is 7. The van der Waals surface area contributed by atoms with Crippen molar-refractivity contribution >= 4 is 5.91 Å². The quantitative estimate of drug-likeness (QED) is 0.704. The molecule has 0 saturated carbocycles. The van der Waals surface area contributed by atoms with Crippen LogP contribution in [-0.2, 0) is 23.1 Å². The lowest BCUT2D eigenvalue weighted by atomic mass is 9.95. The molecule has 3 rings (SSSR count). The second kappa shape index (κ2) is 8.24. The van der Waals surface area contributed by atoms with Gasteiger partial charge in [-0.05, 0) is 19.8 Å². The van der Waals surface area contributed by atoms with E-state index in [0.29, 0.717) is 32.1 Å². The summed E-state index contributed by atoms with van der Waals surface area (Å²) in [6, 6.07) is 0. The Balaban J connectivity index is 1.54. The van der Waals surface area contributed by atoms with Gasteiger partial charge in [-0.15, -0.1) is 10.2 Å². The molecule has 0 bridgehead atoms. The van der Waals surface area contributed by atoms with Gasteiger partial charge in [0.15, 0.2) is 5.82 Å². The second-order valence-electron chi connectivity index (χ2n) is 6.37. The van der Waals surface area contributed by atoms with Crippen LogP contribution in [0.5, 0.6) is 0 Å². The molecule has 2 aromatic rings. The molecule has 8 nitrogen and oxygen atoms in total. The number of aromatic nitrogens is 5. The molecule has 1 aliphatic heterocycles. The van der Waals surface area contributed by atoms with Crippen molar-refractivity contribution in [3.8, 4) is 0 Å². The number of imidazole rings is 1. The number of carbonyl (C=O) groups excluding carboxylic acids is 1. The van der Waals surface area contributed by atoms with Gasteiger partial charge in [0.25, 0.3) is 0 Å². The van der Waals surface area contributed by atoms with Gasteiger partial charge in [-0.25, -0.2) is 4.98 Å². The van der Waals surface area contributed by atoms with Crippen LogP contribution in [0.3, 0.4) is 0 Å². The molecule has 3 heterocycles. The normalized spacial score (nSPS) is 15.7. The summed E-state index contributed by atoms with van der Waals surface area (Å²) in [6.45, 7) is 5.33. The largest absolute Gasteiger partial charge is 0.381 e. The fourth-order valence-electron chi connectivity index (χ4n) is 3.26. The zero-order valence-corrected chi connectivity index (χ0v) is 15.0. The number of hydrogen-bond donors (Lipinski definition) is 0. The highest BCUT2D eigenvalue weighted by atomic mass is 16.5. The van der Waals surface area contributed by atoms with Crippen molar-refractivity contribution in [2.24, 2.45) is 7.05 Å². The summed E-state index contributed by atoms with van der Waals surface area (Å²) < 4.78 is 9.33.